The van der Waals surface area contributed by atoms with E-state index in [1.54, 1.807) is 6.08 Å². The van der Waals surface area contributed by atoms with Crippen molar-refractivity contribution in [1.29, 1.82) is 0 Å². The molecular formula is C15H22O2. The molecule has 0 radical (unpaired) electrons. The zero-order valence-corrected chi connectivity index (χ0v) is 11.0. The Morgan fingerprint density at radius 1 is 1.59 bits per heavy atom. The first-order chi connectivity index (χ1) is 7.86. The number of hydrogen-bond donors (Lipinski definition) is 1. The second kappa shape index (κ2) is 4.09. The topological polar surface area (TPSA) is 37.3 Å². The highest BCUT2D eigenvalue weighted by Gasteiger charge is 2.49. The molecule has 2 heteroatoms. The highest BCUT2D eigenvalue weighted by Crippen LogP contribution is 2.52. The van der Waals surface area contributed by atoms with E-state index < -0.39 is 6.10 Å². The monoisotopic (exact) mass is 234 g/mol. The van der Waals surface area contributed by atoms with E-state index in [4.69, 9.17) is 0 Å². The van der Waals surface area contributed by atoms with Gasteiger partial charge in [-0.15, -0.1) is 0 Å². The Hall–Kier alpha value is -0.890. The summed E-state index contributed by atoms with van der Waals surface area (Å²) in [5, 5.41) is 10.2. The van der Waals surface area contributed by atoms with Crippen molar-refractivity contribution in [2.75, 3.05) is 0 Å². The van der Waals surface area contributed by atoms with E-state index >= 15 is 0 Å². The molecule has 0 aromatic rings. The van der Waals surface area contributed by atoms with Crippen molar-refractivity contribution >= 4 is 5.78 Å². The Labute approximate surface area is 103 Å². The van der Waals surface area contributed by atoms with Crippen molar-refractivity contribution in [2.24, 2.45) is 17.3 Å². The number of allylic oxidation sites excluding steroid dienone is 2. The molecule has 0 aromatic carbocycles. The molecule has 0 heterocycles. The molecule has 0 unspecified atom stereocenters. The van der Waals surface area contributed by atoms with Crippen LogP contribution in [-0.2, 0) is 4.79 Å². The number of ketones is 1. The quantitative estimate of drug-likeness (QED) is 0.708. The summed E-state index contributed by atoms with van der Waals surface area (Å²) in [5.74, 6) is 0.748. The lowest BCUT2D eigenvalue weighted by Gasteiger charge is -2.49. The maximum absolute atomic E-state index is 11.7. The van der Waals surface area contributed by atoms with Gasteiger partial charge in [0.05, 0.1) is 0 Å². The van der Waals surface area contributed by atoms with Crippen molar-refractivity contribution in [2.45, 2.75) is 46.1 Å². The van der Waals surface area contributed by atoms with Gasteiger partial charge < -0.3 is 5.11 Å². The van der Waals surface area contributed by atoms with Crippen molar-refractivity contribution in [3.8, 4) is 0 Å². The van der Waals surface area contributed by atoms with Gasteiger partial charge in [0.1, 0.15) is 6.10 Å². The molecule has 2 rings (SSSR count). The van der Waals surface area contributed by atoms with Gasteiger partial charge in [-0.25, -0.2) is 0 Å². The SMILES string of the molecule is C=C(C)[C@@H]1CC[C@@]2(C)[C@@H](O)C(=O)C=C(C)[C@@H]2C1. The Morgan fingerprint density at radius 2 is 2.24 bits per heavy atom. The molecule has 1 saturated carbocycles. The van der Waals surface area contributed by atoms with Crippen LogP contribution in [0.3, 0.4) is 0 Å². The van der Waals surface area contributed by atoms with Gasteiger partial charge in [-0.1, -0.05) is 24.6 Å². The minimum atomic E-state index is -0.817. The fraction of sp³-hybridized carbons (Fsp3) is 0.667. The lowest BCUT2D eigenvalue weighted by molar-refractivity contribution is -0.135. The number of hydrogen-bond acceptors (Lipinski definition) is 2. The summed E-state index contributed by atoms with van der Waals surface area (Å²) in [6, 6.07) is 0. The third kappa shape index (κ3) is 1.89. The standard InChI is InChI=1S/C15H22O2/c1-9(2)11-5-6-15(4)12(8-11)10(3)7-13(16)14(15)17/h7,11-12,14,17H,1,5-6,8H2,2-4H3/t11-,12+,14+,15-/m1/s1. The van der Waals surface area contributed by atoms with E-state index in [0.717, 1.165) is 24.8 Å². The first kappa shape index (κ1) is 12.6. The molecule has 1 fully saturated rings. The van der Waals surface area contributed by atoms with Crippen LogP contribution in [0.4, 0.5) is 0 Å². The number of aliphatic hydroxyl groups excluding tert-OH is 1. The Balaban J connectivity index is 2.33. The Morgan fingerprint density at radius 3 is 2.82 bits per heavy atom. The lowest BCUT2D eigenvalue weighted by Crippen LogP contribution is -2.50. The minimum absolute atomic E-state index is 0.116. The van der Waals surface area contributed by atoms with Crippen molar-refractivity contribution in [3.63, 3.8) is 0 Å². The normalized spacial score (nSPS) is 41.8. The first-order valence-corrected chi connectivity index (χ1v) is 6.41. The molecule has 0 aromatic heterocycles. The molecule has 0 spiro atoms. The van der Waals surface area contributed by atoms with E-state index in [2.05, 4.69) is 20.4 Å². The van der Waals surface area contributed by atoms with Gasteiger partial charge in [0.2, 0.25) is 0 Å². The van der Waals surface area contributed by atoms with Crippen molar-refractivity contribution in [1.82, 2.24) is 0 Å². The average molecular weight is 234 g/mol. The summed E-state index contributed by atoms with van der Waals surface area (Å²) in [4.78, 5) is 11.7. The molecule has 2 nitrogen and oxygen atoms in total. The second-order valence-electron chi connectivity index (χ2n) is 6.07. The van der Waals surface area contributed by atoms with Crippen LogP contribution >= 0.6 is 0 Å². The van der Waals surface area contributed by atoms with E-state index in [1.807, 2.05) is 6.92 Å². The fourth-order valence-electron chi connectivity index (χ4n) is 3.54. The molecule has 2 aliphatic carbocycles. The van der Waals surface area contributed by atoms with Gasteiger partial charge in [-0.3, -0.25) is 4.79 Å². The number of fused-ring (bicyclic) bond motifs is 1. The van der Waals surface area contributed by atoms with Crippen LogP contribution in [0.1, 0.15) is 40.0 Å². The van der Waals surface area contributed by atoms with E-state index in [-0.39, 0.29) is 11.2 Å². The van der Waals surface area contributed by atoms with Crippen molar-refractivity contribution < 1.29 is 9.90 Å². The van der Waals surface area contributed by atoms with Gasteiger partial charge in [-0.2, -0.15) is 0 Å². The molecule has 17 heavy (non-hydrogen) atoms. The molecule has 1 N–H and O–H groups in total. The summed E-state index contributed by atoms with van der Waals surface area (Å²) < 4.78 is 0. The van der Waals surface area contributed by atoms with Gasteiger partial charge in [0, 0.05) is 5.41 Å². The van der Waals surface area contributed by atoms with Crippen LogP contribution in [-0.4, -0.2) is 17.0 Å². The van der Waals surface area contributed by atoms with Crippen LogP contribution in [0, 0.1) is 17.3 Å². The van der Waals surface area contributed by atoms with Crippen LogP contribution in [0.25, 0.3) is 0 Å². The molecule has 0 amide bonds. The summed E-state index contributed by atoms with van der Waals surface area (Å²) in [6.07, 6.45) is 3.80. The Kier molecular flexibility index (Phi) is 3.03. The average Bonchev–Trinajstić information content (AvgIpc) is 2.26. The molecule has 2 aliphatic rings. The highest BCUT2D eigenvalue weighted by molar-refractivity contribution is 5.95. The number of carbonyl (C=O) groups is 1. The van der Waals surface area contributed by atoms with Gasteiger partial charge >= 0.3 is 0 Å². The van der Waals surface area contributed by atoms with Crippen LogP contribution in [0.5, 0.6) is 0 Å². The minimum Gasteiger partial charge on any atom is -0.384 e. The molecule has 0 bridgehead atoms. The zero-order chi connectivity index (χ0) is 12.8. The fourth-order valence-corrected chi connectivity index (χ4v) is 3.54. The highest BCUT2D eigenvalue weighted by atomic mass is 16.3. The summed E-state index contributed by atoms with van der Waals surface area (Å²) in [7, 11) is 0. The first-order valence-electron chi connectivity index (χ1n) is 6.41. The maximum atomic E-state index is 11.7. The molecule has 94 valence electrons. The van der Waals surface area contributed by atoms with Crippen LogP contribution in [0.2, 0.25) is 0 Å². The van der Waals surface area contributed by atoms with E-state index in [1.165, 1.54) is 5.57 Å². The van der Waals surface area contributed by atoms with Crippen LogP contribution in [0.15, 0.2) is 23.8 Å². The largest absolute Gasteiger partial charge is 0.384 e. The van der Waals surface area contributed by atoms with E-state index in [9.17, 15) is 9.90 Å². The molecule has 4 atom stereocenters. The molecule has 0 saturated heterocycles. The summed E-state index contributed by atoms with van der Waals surface area (Å²) >= 11 is 0. The maximum Gasteiger partial charge on any atom is 0.184 e. The number of carbonyl (C=O) groups excluding carboxylic acids is 1. The van der Waals surface area contributed by atoms with Crippen LogP contribution < -0.4 is 0 Å². The molecular weight excluding hydrogens is 212 g/mol. The lowest BCUT2D eigenvalue weighted by atomic mass is 9.56. The predicted molar refractivity (Wildman–Crippen MR) is 68.5 cm³/mol. The third-order valence-electron chi connectivity index (χ3n) is 4.86. The summed E-state index contributed by atoms with van der Waals surface area (Å²) in [6.45, 7) is 10.2. The van der Waals surface area contributed by atoms with Gasteiger partial charge in [0.25, 0.3) is 0 Å². The van der Waals surface area contributed by atoms with E-state index in [0.29, 0.717) is 11.8 Å². The zero-order valence-electron chi connectivity index (χ0n) is 11.0. The smallest absolute Gasteiger partial charge is 0.184 e. The third-order valence-corrected chi connectivity index (χ3v) is 4.86. The number of rotatable bonds is 1. The predicted octanol–water partition coefficient (Wildman–Crippen LogP) is 2.88. The second-order valence-corrected chi connectivity index (χ2v) is 6.07. The number of aliphatic hydroxyl groups is 1. The van der Waals surface area contributed by atoms with Gasteiger partial charge in [0.15, 0.2) is 5.78 Å². The Bertz CT molecular complexity index is 394. The van der Waals surface area contributed by atoms with Crippen molar-refractivity contribution in [3.05, 3.63) is 23.8 Å². The molecule has 0 aliphatic heterocycles. The van der Waals surface area contributed by atoms with Gasteiger partial charge in [-0.05, 0) is 51.0 Å². The summed E-state index contributed by atoms with van der Waals surface area (Å²) in [5.41, 5.74) is 2.10.